The number of hydrogen-bond acceptors (Lipinski definition) is 5. The first-order chi connectivity index (χ1) is 10.1. The Labute approximate surface area is 136 Å². The summed E-state index contributed by atoms with van der Waals surface area (Å²) < 4.78 is 5.56. The van der Waals surface area contributed by atoms with E-state index in [0.29, 0.717) is 12.8 Å². The fourth-order valence-corrected chi connectivity index (χ4v) is 2.93. The summed E-state index contributed by atoms with van der Waals surface area (Å²) in [4.78, 5) is 23.4. The Kier molecular flexibility index (Phi) is 8.93. The Bertz CT molecular complexity index is 488. The number of rotatable bonds is 9. The first-order valence-electron chi connectivity index (χ1n) is 6.74. The van der Waals surface area contributed by atoms with Gasteiger partial charge in [-0.05, 0) is 34.8 Å². The second kappa shape index (κ2) is 10.5. The lowest BCUT2D eigenvalue weighted by molar-refractivity contribution is -0.140. The molecule has 0 fully saturated rings. The lowest BCUT2D eigenvalue weighted by Gasteiger charge is -2.01. The van der Waals surface area contributed by atoms with Gasteiger partial charge in [0.15, 0.2) is 0 Å². The maximum absolute atomic E-state index is 11.5. The number of methoxy groups -OCH3 is 1. The number of halogens is 1. The van der Waals surface area contributed by atoms with Gasteiger partial charge >= 0.3 is 5.97 Å². The average molecular weight is 375 g/mol. The topological polar surface area (TPSA) is 67.8 Å². The lowest BCUT2D eigenvalue weighted by Crippen LogP contribution is -2.16. The molecule has 1 N–H and O–H groups in total. The smallest absolute Gasteiger partial charge is 0.305 e. The Hall–Kier alpha value is -1.21. The molecule has 0 unspecified atom stereocenters. The molecule has 0 aromatic carbocycles. The van der Waals surface area contributed by atoms with Crippen LogP contribution in [0.25, 0.3) is 0 Å². The van der Waals surface area contributed by atoms with Gasteiger partial charge in [-0.2, -0.15) is 5.10 Å². The molecule has 0 spiro atoms. The molecule has 0 aliphatic rings. The van der Waals surface area contributed by atoms with Crippen molar-refractivity contribution in [2.24, 2.45) is 5.10 Å². The predicted molar refractivity (Wildman–Crippen MR) is 87.5 cm³/mol. The number of ether oxygens (including phenoxy) is 1. The van der Waals surface area contributed by atoms with Gasteiger partial charge in [-0.3, -0.25) is 9.59 Å². The second-order valence-electron chi connectivity index (χ2n) is 4.45. The summed E-state index contributed by atoms with van der Waals surface area (Å²) in [5.41, 5.74) is 2.51. The first-order valence-corrected chi connectivity index (χ1v) is 8.42. The van der Waals surface area contributed by atoms with Crippen molar-refractivity contribution >= 4 is 45.4 Å². The van der Waals surface area contributed by atoms with Crippen LogP contribution in [0.4, 0.5) is 0 Å². The van der Waals surface area contributed by atoms with E-state index in [9.17, 15) is 9.59 Å². The second-order valence-corrected chi connectivity index (χ2v) is 6.31. The molecule has 0 saturated heterocycles. The van der Waals surface area contributed by atoms with Crippen molar-refractivity contribution in [3.8, 4) is 0 Å². The fourth-order valence-electron chi connectivity index (χ4n) is 1.63. The monoisotopic (exact) mass is 374 g/mol. The highest BCUT2D eigenvalue weighted by molar-refractivity contribution is 9.10. The first kappa shape index (κ1) is 17.8. The molecule has 116 valence electrons. The number of nitrogens with zero attached hydrogens (tertiary/aromatic N) is 1. The summed E-state index contributed by atoms with van der Waals surface area (Å²) in [5, 5.41) is 5.86. The summed E-state index contributed by atoms with van der Waals surface area (Å²) in [6, 6.07) is 1.93. The van der Waals surface area contributed by atoms with E-state index >= 15 is 0 Å². The van der Waals surface area contributed by atoms with Crippen molar-refractivity contribution in [2.75, 3.05) is 7.11 Å². The summed E-state index contributed by atoms with van der Waals surface area (Å²) in [5.74, 6) is -0.267. The molecular weight excluding hydrogens is 356 g/mol. The highest BCUT2D eigenvalue weighted by Gasteiger charge is 2.02. The average Bonchev–Trinajstić information content (AvgIpc) is 2.88. The van der Waals surface area contributed by atoms with E-state index in [4.69, 9.17) is 0 Å². The van der Waals surface area contributed by atoms with Gasteiger partial charge in [-0.25, -0.2) is 5.43 Å². The number of hydrazone groups is 1. The standard InChI is InChI=1S/C14H19BrN2O3S/c1-20-14(19)7-5-3-2-4-6-13(18)17-16-9-12-8-11(15)10-21-12/h8-10H,2-7H2,1H3,(H,17,18)/b16-9+. The third-order valence-corrected chi connectivity index (χ3v) is 4.36. The Morgan fingerprint density at radius 2 is 2.05 bits per heavy atom. The van der Waals surface area contributed by atoms with Crippen LogP contribution in [0.5, 0.6) is 0 Å². The summed E-state index contributed by atoms with van der Waals surface area (Å²) in [6.07, 6.45) is 5.98. The molecule has 0 radical (unpaired) electrons. The molecule has 0 aliphatic heterocycles. The Morgan fingerprint density at radius 3 is 2.67 bits per heavy atom. The van der Waals surface area contributed by atoms with Crippen molar-refractivity contribution in [2.45, 2.75) is 38.5 Å². The van der Waals surface area contributed by atoms with Crippen LogP contribution in [0.15, 0.2) is 21.0 Å². The highest BCUT2D eigenvalue weighted by atomic mass is 79.9. The maximum atomic E-state index is 11.5. The van der Waals surface area contributed by atoms with E-state index < -0.39 is 0 Å². The van der Waals surface area contributed by atoms with Gasteiger partial charge in [-0.1, -0.05) is 12.8 Å². The number of hydrogen-bond donors (Lipinski definition) is 1. The lowest BCUT2D eigenvalue weighted by atomic mass is 10.1. The van der Waals surface area contributed by atoms with Crippen molar-refractivity contribution in [3.05, 3.63) is 20.8 Å². The summed E-state index contributed by atoms with van der Waals surface area (Å²) in [7, 11) is 1.39. The van der Waals surface area contributed by atoms with Gasteiger partial charge in [-0.15, -0.1) is 11.3 Å². The van der Waals surface area contributed by atoms with Crippen LogP contribution in [0, 0.1) is 0 Å². The minimum atomic E-state index is -0.178. The molecule has 0 atom stereocenters. The zero-order chi connectivity index (χ0) is 15.5. The number of esters is 1. The van der Waals surface area contributed by atoms with Crippen LogP contribution in [0.3, 0.4) is 0 Å². The van der Waals surface area contributed by atoms with E-state index in [2.05, 4.69) is 31.2 Å². The predicted octanol–water partition coefficient (Wildman–Crippen LogP) is 3.47. The van der Waals surface area contributed by atoms with E-state index in [-0.39, 0.29) is 11.9 Å². The van der Waals surface area contributed by atoms with E-state index in [1.54, 1.807) is 17.6 Å². The molecule has 7 heteroatoms. The van der Waals surface area contributed by atoms with Crippen molar-refractivity contribution in [1.29, 1.82) is 0 Å². The van der Waals surface area contributed by atoms with Crippen molar-refractivity contribution in [1.82, 2.24) is 5.43 Å². The van der Waals surface area contributed by atoms with Crippen LogP contribution in [0.2, 0.25) is 0 Å². The van der Waals surface area contributed by atoms with Crippen LogP contribution in [0.1, 0.15) is 43.4 Å². The molecular formula is C14H19BrN2O3S. The van der Waals surface area contributed by atoms with E-state index in [0.717, 1.165) is 35.0 Å². The molecule has 1 heterocycles. The number of carbonyl (C=O) groups excluding carboxylic acids is 2. The zero-order valence-corrected chi connectivity index (χ0v) is 14.3. The van der Waals surface area contributed by atoms with Gasteiger partial charge < -0.3 is 4.74 Å². The Morgan fingerprint density at radius 1 is 1.33 bits per heavy atom. The quantitative estimate of drug-likeness (QED) is 0.311. The number of unbranched alkanes of at least 4 members (excludes halogenated alkanes) is 3. The van der Waals surface area contributed by atoms with Gasteiger partial charge in [0.2, 0.25) is 5.91 Å². The van der Waals surface area contributed by atoms with Crippen molar-refractivity contribution < 1.29 is 14.3 Å². The molecule has 21 heavy (non-hydrogen) atoms. The third-order valence-electron chi connectivity index (χ3n) is 2.73. The molecule has 0 aliphatic carbocycles. The van der Waals surface area contributed by atoms with Crippen LogP contribution in [-0.2, 0) is 14.3 Å². The SMILES string of the molecule is COC(=O)CCCCCCC(=O)N/N=C/c1cc(Br)cs1. The van der Waals surface area contributed by atoms with Crippen molar-refractivity contribution in [3.63, 3.8) is 0 Å². The molecule has 1 aromatic rings. The molecule has 5 nitrogen and oxygen atoms in total. The van der Waals surface area contributed by atoms with Crippen LogP contribution in [-0.4, -0.2) is 25.2 Å². The maximum Gasteiger partial charge on any atom is 0.305 e. The van der Waals surface area contributed by atoms with E-state index in [1.165, 1.54) is 7.11 Å². The van der Waals surface area contributed by atoms with Gasteiger partial charge in [0.1, 0.15) is 0 Å². The summed E-state index contributed by atoms with van der Waals surface area (Å²) >= 11 is 4.90. The largest absolute Gasteiger partial charge is 0.469 e. The van der Waals surface area contributed by atoms with Gasteiger partial charge in [0.25, 0.3) is 0 Å². The van der Waals surface area contributed by atoms with Gasteiger partial charge in [0, 0.05) is 27.6 Å². The molecule has 0 saturated carbocycles. The molecule has 0 bridgehead atoms. The highest BCUT2D eigenvalue weighted by Crippen LogP contribution is 2.17. The van der Waals surface area contributed by atoms with Crippen LogP contribution >= 0.6 is 27.3 Å². The minimum absolute atomic E-state index is 0.0881. The van der Waals surface area contributed by atoms with E-state index in [1.807, 2.05) is 11.4 Å². The fraction of sp³-hybridized carbons (Fsp3) is 0.500. The zero-order valence-electron chi connectivity index (χ0n) is 11.9. The number of nitrogens with one attached hydrogen (secondary N) is 1. The normalized spacial score (nSPS) is 10.8. The number of carbonyl (C=O) groups is 2. The Balaban J connectivity index is 2.04. The number of thiophene rings is 1. The van der Waals surface area contributed by atoms with Crippen LogP contribution < -0.4 is 5.43 Å². The number of amides is 1. The molecule has 1 rings (SSSR count). The molecule has 1 amide bonds. The minimum Gasteiger partial charge on any atom is -0.469 e. The molecule has 1 aromatic heterocycles. The third kappa shape index (κ3) is 8.62. The van der Waals surface area contributed by atoms with Gasteiger partial charge in [0.05, 0.1) is 13.3 Å². The summed E-state index contributed by atoms with van der Waals surface area (Å²) in [6.45, 7) is 0.